The molecule has 0 saturated carbocycles. The van der Waals surface area contributed by atoms with E-state index < -0.39 is 5.60 Å². The van der Waals surface area contributed by atoms with Crippen molar-refractivity contribution in [2.75, 3.05) is 0 Å². The van der Waals surface area contributed by atoms with Gasteiger partial charge in [0.25, 0.3) is 5.91 Å². The van der Waals surface area contributed by atoms with Gasteiger partial charge in [0.1, 0.15) is 0 Å². The lowest BCUT2D eigenvalue weighted by molar-refractivity contribution is -0.132. The zero-order valence-corrected chi connectivity index (χ0v) is 8.73. The van der Waals surface area contributed by atoms with Gasteiger partial charge in [0.05, 0.1) is 0 Å². The molecule has 1 amide bonds. The molecule has 0 aromatic rings. The lowest BCUT2D eigenvalue weighted by atomic mass is 9.82. The predicted octanol–water partition coefficient (Wildman–Crippen LogP) is 1.80. The quantitative estimate of drug-likeness (QED) is 0.673. The van der Waals surface area contributed by atoms with Gasteiger partial charge in [0, 0.05) is 6.42 Å². The average molecular weight is 183 g/mol. The predicted molar refractivity (Wildman–Crippen MR) is 50.8 cm³/mol. The number of hydrogen-bond acceptors (Lipinski definition) is 2. The van der Waals surface area contributed by atoms with Gasteiger partial charge in [-0.3, -0.25) is 10.1 Å². The van der Waals surface area contributed by atoms with Crippen molar-refractivity contribution >= 4 is 5.91 Å². The summed E-state index contributed by atoms with van der Waals surface area (Å²) in [4.78, 5) is 11.5. The molecule has 0 spiro atoms. The number of ether oxygens (including phenoxy) is 1. The van der Waals surface area contributed by atoms with Gasteiger partial charge in [-0.15, -0.1) is 0 Å². The maximum atomic E-state index is 11.5. The number of hydrogen-bond donors (Lipinski definition) is 1. The first-order valence-corrected chi connectivity index (χ1v) is 4.42. The third kappa shape index (κ3) is 2.23. The number of amides is 1. The van der Waals surface area contributed by atoms with Crippen molar-refractivity contribution < 1.29 is 9.53 Å². The van der Waals surface area contributed by atoms with Crippen LogP contribution in [0.5, 0.6) is 0 Å². The van der Waals surface area contributed by atoms with Gasteiger partial charge < -0.3 is 4.74 Å². The molecule has 1 aliphatic rings. The first-order valence-electron chi connectivity index (χ1n) is 4.42. The second-order valence-electron chi connectivity index (χ2n) is 4.95. The molecule has 1 aliphatic heterocycles. The Morgan fingerprint density at radius 3 is 2.38 bits per heavy atom. The SMILES string of the molecule is C=C1NC(=O)C(C)(CC(C)(C)C)O1. The minimum Gasteiger partial charge on any atom is -0.463 e. The van der Waals surface area contributed by atoms with Gasteiger partial charge in [-0.2, -0.15) is 0 Å². The summed E-state index contributed by atoms with van der Waals surface area (Å²) in [5.41, 5.74) is -0.675. The van der Waals surface area contributed by atoms with Crippen LogP contribution < -0.4 is 5.32 Å². The molecule has 3 heteroatoms. The van der Waals surface area contributed by atoms with Crippen LogP contribution in [0.25, 0.3) is 0 Å². The van der Waals surface area contributed by atoms with Crippen molar-refractivity contribution in [2.24, 2.45) is 5.41 Å². The Morgan fingerprint density at radius 2 is 2.08 bits per heavy atom. The van der Waals surface area contributed by atoms with E-state index in [0.717, 1.165) is 0 Å². The molecule has 1 rings (SSSR count). The monoisotopic (exact) mass is 183 g/mol. The van der Waals surface area contributed by atoms with Crippen molar-refractivity contribution in [3.8, 4) is 0 Å². The summed E-state index contributed by atoms with van der Waals surface area (Å²) < 4.78 is 5.38. The van der Waals surface area contributed by atoms with Crippen molar-refractivity contribution in [3.63, 3.8) is 0 Å². The van der Waals surface area contributed by atoms with Crippen LogP contribution in [0.15, 0.2) is 12.5 Å². The highest BCUT2D eigenvalue weighted by molar-refractivity contribution is 5.88. The highest BCUT2D eigenvalue weighted by atomic mass is 16.5. The van der Waals surface area contributed by atoms with E-state index in [2.05, 4.69) is 32.7 Å². The molecule has 0 radical (unpaired) electrons. The smallest absolute Gasteiger partial charge is 0.270 e. The number of carbonyl (C=O) groups is 1. The second-order valence-corrected chi connectivity index (χ2v) is 4.95. The topological polar surface area (TPSA) is 38.3 Å². The normalized spacial score (nSPS) is 28.6. The summed E-state index contributed by atoms with van der Waals surface area (Å²) in [5, 5.41) is 2.57. The molecule has 0 bridgehead atoms. The molecule has 0 aliphatic carbocycles. The molecular weight excluding hydrogens is 166 g/mol. The molecule has 13 heavy (non-hydrogen) atoms. The van der Waals surface area contributed by atoms with E-state index in [0.29, 0.717) is 12.3 Å². The number of carbonyl (C=O) groups excluding carboxylic acids is 1. The molecule has 1 atom stereocenters. The Bertz CT molecular complexity index is 252. The van der Waals surface area contributed by atoms with Crippen molar-refractivity contribution in [2.45, 2.75) is 39.7 Å². The highest BCUT2D eigenvalue weighted by Crippen LogP contribution is 2.33. The maximum absolute atomic E-state index is 11.5. The lowest BCUT2D eigenvalue weighted by Gasteiger charge is -2.28. The van der Waals surface area contributed by atoms with Gasteiger partial charge in [-0.05, 0) is 18.9 Å². The van der Waals surface area contributed by atoms with Gasteiger partial charge in [0.15, 0.2) is 11.5 Å². The van der Waals surface area contributed by atoms with E-state index in [1.165, 1.54) is 0 Å². The third-order valence-electron chi connectivity index (χ3n) is 1.95. The summed E-state index contributed by atoms with van der Waals surface area (Å²) in [6.45, 7) is 11.6. The van der Waals surface area contributed by atoms with Crippen LogP contribution in [0.1, 0.15) is 34.1 Å². The second kappa shape index (κ2) is 2.76. The lowest BCUT2D eigenvalue weighted by Crippen LogP contribution is -2.39. The van der Waals surface area contributed by atoms with Gasteiger partial charge in [-0.1, -0.05) is 20.8 Å². The van der Waals surface area contributed by atoms with E-state index in [1.54, 1.807) is 6.92 Å². The summed E-state index contributed by atoms with van der Waals surface area (Å²) in [6.07, 6.45) is 0.685. The molecular formula is C10H17NO2. The van der Waals surface area contributed by atoms with Crippen LogP contribution in [0, 0.1) is 5.41 Å². The zero-order chi connectivity index (χ0) is 10.3. The molecule has 1 heterocycles. The molecule has 3 nitrogen and oxygen atoms in total. The molecule has 1 N–H and O–H groups in total. The fourth-order valence-corrected chi connectivity index (χ4v) is 1.73. The van der Waals surface area contributed by atoms with Crippen LogP contribution in [0.2, 0.25) is 0 Å². The summed E-state index contributed by atoms with van der Waals surface area (Å²) >= 11 is 0. The Balaban J connectivity index is 2.77. The molecule has 74 valence electrons. The summed E-state index contributed by atoms with van der Waals surface area (Å²) in [6, 6.07) is 0. The van der Waals surface area contributed by atoms with Gasteiger partial charge in [-0.25, -0.2) is 0 Å². The van der Waals surface area contributed by atoms with E-state index >= 15 is 0 Å². The number of nitrogens with one attached hydrogen (secondary N) is 1. The Labute approximate surface area is 79.2 Å². The fraction of sp³-hybridized carbons (Fsp3) is 0.700. The third-order valence-corrected chi connectivity index (χ3v) is 1.95. The van der Waals surface area contributed by atoms with Crippen LogP contribution in [-0.4, -0.2) is 11.5 Å². The van der Waals surface area contributed by atoms with Crippen molar-refractivity contribution in [1.29, 1.82) is 0 Å². The van der Waals surface area contributed by atoms with E-state index in [4.69, 9.17) is 4.74 Å². The first-order chi connectivity index (χ1) is 5.73. The van der Waals surface area contributed by atoms with Crippen LogP contribution in [-0.2, 0) is 9.53 Å². The molecule has 1 saturated heterocycles. The highest BCUT2D eigenvalue weighted by Gasteiger charge is 2.44. The Kier molecular flexibility index (Phi) is 2.14. The first kappa shape index (κ1) is 10.1. The minimum absolute atomic E-state index is 0.0662. The molecule has 0 aromatic carbocycles. The largest absolute Gasteiger partial charge is 0.463 e. The molecule has 1 fully saturated rings. The van der Waals surface area contributed by atoms with E-state index in [1.807, 2.05) is 0 Å². The van der Waals surface area contributed by atoms with Gasteiger partial charge >= 0.3 is 0 Å². The minimum atomic E-state index is -0.741. The van der Waals surface area contributed by atoms with E-state index in [9.17, 15) is 4.79 Å². The standard InChI is InChI=1S/C10H17NO2/c1-7-11-8(12)10(5,13-7)6-9(2,3)4/h1,6H2,2-5H3,(H,11,12). The average Bonchev–Trinajstić information content (AvgIpc) is 2.00. The van der Waals surface area contributed by atoms with Gasteiger partial charge in [0.2, 0.25) is 0 Å². The zero-order valence-electron chi connectivity index (χ0n) is 8.73. The Hall–Kier alpha value is -0.990. The van der Waals surface area contributed by atoms with Crippen molar-refractivity contribution in [1.82, 2.24) is 5.32 Å². The van der Waals surface area contributed by atoms with Crippen LogP contribution in [0.3, 0.4) is 0 Å². The van der Waals surface area contributed by atoms with E-state index in [-0.39, 0.29) is 11.3 Å². The van der Waals surface area contributed by atoms with Crippen LogP contribution in [0.4, 0.5) is 0 Å². The van der Waals surface area contributed by atoms with Crippen molar-refractivity contribution in [3.05, 3.63) is 12.5 Å². The molecule has 0 aromatic heterocycles. The maximum Gasteiger partial charge on any atom is 0.270 e. The fourth-order valence-electron chi connectivity index (χ4n) is 1.73. The summed E-state index contributed by atoms with van der Waals surface area (Å²) in [5.74, 6) is 0.268. The molecule has 1 unspecified atom stereocenters. The number of rotatable bonds is 1. The van der Waals surface area contributed by atoms with Crippen LogP contribution >= 0.6 is 0 Å². The Morgan fingerprint density at radius 1 is 1.54 bits per heavy atom. The summed E-state index contributed by atoms with van der Waals surface area (Å²) in [7, 11) is 0.